The minimum atomic E-state index is 0.111. The molecule has 0 radical (unpaired) electrons. The van der Waals surface area contributed by atoms with Crippen molar-refractivity contribution in [3.8, 4) is 5.75 Å². The van der Waals surface area contributed by atoms with E-state index in [4.69, 9.17) is 4.74 Å². The first-order chi connectivity index (χ1) is 14.7. The van der Waals surface area contributed by atoms with Gasteiger partial charge in [-0.3, -0.25) is 4.79 Å². The molecule has 0 atom stereocenters. The van der Waals surface area contributed by atoms with Crippen molar-refractivity contribution in [3.63, 3.8) is 0 Å². The summed E-state index contributed by atoms with van der Waals surface area (Å²) in [7, 11) is 2.18. The van der Waals surface area contributed by atoms with Crippen LogP contribution < -0.4 is 4.74 Å². The van der Waals surface area contributed by atoms with Gasteiger partial charge >= 0.3 is 0 Å². The number of hydrogen-bond donors (Lipinski definition) is 0. The zero-order valence-electron chi connectivity index (χ0n) is 18.4. The Balaban J connectivity index is 1.24. The van der Waals surface area contributed by atoms with Crippen molar-refractivity contribution in [2.45, 2.75) is 32.1 Å². The van der Waals surface area contributed by atoms with E-state index in [1.807, 2.05) is 29.2 Å². The quantitative estimate of drug-likeness (QED) is 0.644. The number of amides is 1. The first-order valence-corrected chi connectivity index (χ1v) is 11.6. The molecule has 0 N–H and O–H groups in total. The Kier molecular flexibility index (Phi) is 7.28. The molecule has 0 unspecified atom stereocenters. The van der Waals surface area contributed by atoms with Crippen LogP contribution in [-0.4, -0.2) is 91.5 Å². The number of ether oxygens (including phenoxy) is 1. The van der Waals surface area contributed by atoms with Crippen LogP contribution in [0.2, 0.25) is 0 Å². The topological polar surface area (TPSA) is 39.3 Å². The van der Waals surface area contributed by atoms with Crippen LogP contribution in [0.1, 0.15) is 42.5 Å². The van der Waals surface area contributed by atoms with Gasteiger partial charge in [-0.15, -0.1) is 0 Å². The van der Waals surface area contributed by atoms with E-state index in [0.717, 1.165) is 82.9 Å². The SMILES string of the molecule is CN1CCN(CCCOc2ccc(C(=O)N3CCC/C3=C\N3CCCC3)cc2)CC1. The molecule has 1 aromatic carbocycles. The molecule has 6 heteroatoms. The Morgan fingerprint density at radius 3 is 2.43 bits per heavy atom. The Morgan fingerprint density at radius 1 is 0.967 bits per heavy atom. The number of hydrogen-bond acceptors (Lipinski definition) is 5. The van der Waals surface area contributed by atoms with Crippen molar-refractivity contribution < 1.29 is 9.53 Å². The molecule has 1 aromatic rings. The highest BCUT2D eigenvalue weighted by molar-refractivity contribution is 5.95. The van der Waals surface area contributed by atoms with Crippen LogP contribution in [0.3, 0.4) is 0 Å². The fourth-order valence-corrected chi connectivity index (χ4v) is 4.54. The number of carbonyl (C=O) groups is 1. The number of carbonyl (C=O) groups excluding carboxylic acids is 1. The smallest absolute Gasteiger partial charge is 0.258 e. The molecular weight excluding hydrogens is 376 g/mol. The highest BCUT2D eigenvalue weighted by atomic mass is 16.5. The molecule has 1 amide bonds. The highest BCUT2D eigenvalue weighted by Crippen LogP contribution is 2.25. The third kappa shape index (κ3) is 5.55. The van der Waals surface area contributed by atoms with Crippen molar-refractivity contribution >= 4 is 5.91 Å². The van der Waals surface area contributed by atoms with E-state index in [1.54, 1.807) is 0 Å². The highest BCUT2D eigenvalue weighted by Gasteiger charge is 2.25. The Hall–Kier alpha value is -2.05. The molecule has 0 aromatic heterocycles. The second-order valence-electron chi connectivity index (χ2n) is 8.80. The number of allylic oxidation sites excluding steroid dienone is 1. The van der Waals surface area contributed by atoms with E-state index in [9.17, 15) is 4.79 Å². The summed E-state index contributed by atoms with van der Waals surface area (Å²) in [6.07, 6.45) is 7.82. The van der Waals surface area contributed by atoms with Gasteiger partial charge in [0.2, 0.25) is 0 Å². The third-order valence-corrected chi connectivity index (χ3v) is 6.46. The zero-order chi connectivity index (χ0) is 20.8. The Bertz CT molecular complexity index is 719. The van der Waals surface area contributed by atoms with Gasteiger partial charge in [0.25, 0.3) is 5.91 Å². The minimum Gasteiger partial charge on any atom is -0.494 e. The van der Waals surface area contributed by atoms with Crippen LogP contribution in [0.4, 0.5) is 0 Å². The van der Waals surface area contributed by atoms with Crippen molar-refractivity contribution in [3.05, 3.63) is 41.7 Å². The molecule has 3 fully saturated rings. The summed E-state index contributed by atoms with van der Waals surface area (Å²) >= 11 is 0. The first kappa shape index (κ1) is 21.2. The van der Waals surface area contributed by atoms with Gasteiger partial charge in [-0.2, -0.15) is 0 Å². The monoisotopic (exact) mass is 412 g/mol. The number of likely N-dealkylation sites (N-methyl/N-ethyl adjacent to an activating group) is 1. The molecule has 30 heavy (non-hydrogen) atoms. The van der Waals surface area contributed by atoms with Crippen molar-refractivity contribution in [1.29, 1.82) is 0 Å². The molecule has 3 aliphatic heterocycles. The van der Waals surface area contributed by atoms with E-state index in [-0.39, 0.29) is 5.91 Å². The van der Waals surface area contributed by atoms with E-state index in [2.05, 4.69) is 27.9 Å². The molecular formula is C24H36N4O2. The van der Waals surface area contributed by atoms with E-state index in [0.29, 0.717) is 6.61 Å². The summed E-state index contributed by atoms with van der Waals surface area (Å²) < 4.78 is 5.91. The van der Waals surface area contributed by atoms with Crippen LogP contribution in [0, 0.1) is 0 Å². The lowest BCUT2D eigenvalue weighted by Crippen LogP contribution is -2.44. The van der Waals surface area contributed by atoms with Gasteiger partial charge in [0, 0.05) is 69.8 Å². The van der Waals surface area contributed by atoms with Crippen LogP contribution in [0.15, 0.2) is 36.2 Å². The van der Waals surface area contributed by atoms with Crippen LogP contribution >= 0.6 is 0 Å². The number of nitrogens with zero attached hydrogens (tertiary/aromatic N) is 4. The predicted molar refractivity (Wildman–Crippen MR) is 120 cm³/mol. The minimum absolute atomic E-state index is 0.111. The van der Waals surface area contributed by atoms with Crippen molar-refractivity contribution in [1.82, 2.24) is 19.6 Å². The van der Waals surface area contributed by atoms with Crippen LogP contribution in [-0.2, 0) is 0 Å². The second kappa shape index (κ2) is 10.3. The van der Waals surface area contributed by atoms with E-state index >= 15 is 0 Å². The number of benzene rings is 1. The molecule has 0 saturated carbocycles. The normalized spacial score (nSPS) is 22.2. The molecule has 3 saturated heterocycles. The fraction of sp³-hybridized carbons (Fsp3) is 0.625. The lowest BCUT2D eigenvalue weighted by atomic mass is 10.2. The Morgan fingerprint density at radius 2 is 1.70 bits per heavy atom. The average molecular weight is 413 g/mol. The summed E-state index contributed by atoms with van der Waals surface area (Å²) in [5.74, 6) is 0.957. The van der Waals surface area contributed by atoms with Crippen LogP contribution in [0.25, 0.3) is 0 Å². The van der Waals surface area contributed by atoms with Gasteiger partial charge in [0.15, 0.2) is 0 Å². The maximum Gasteiger partial charge on any atom is 0.258 e. The molecule has 0 aliphatic carbocycles. The summed E-state index contributed by atoms with van der Waals surface area (Å²) in [6, 6.07) is 7.68. The lowest BCUT2D eigenvalue weighted by Gasteiger charge is -2.32. The standard InChI is InChI=1S/C24H36N4O2/c1-25-15-17-26(18-16-25)13-5-19-30-23-9-7-21(8-10-23)24(29)28-14-4-6-22(28)20-27-11-2-3-12-27/h7-10,20H,2-6,11-19H2,1H3/b22-20+. The second-order valence-corrected chi connectivity index (χ2v) is 8.80. The van der Waals surface area contributed by atoms with Gasteiger partial charge in [0.1, 0.15) is 5.75 Å². The third-order valence-electron chi connectivity index (χ3n) is 6.46. The summed E-state index contributed by atoms with van der Waals surface area (Å²) in [6.45, 7) is 9.47. The molecule has 3 aliphatic rings. The molecule has 3 heterocycles. The summed E-state index contributed by atoms with van der Waals surface area (Å²) in [4.78, 5) is 22.2. The van der Waals surface area contributed by atoms with Crippen LogP contribution in [0.5, 0.6) is 5.75 Å². The van der Waals surface area contributed by atoms with E-state index < -0.39 is 0 Å². The number of likely N-dealkylation sites (tertiary alicyclic amines) is 2. The van der Waals surface area contributed by atoms with Gasteiger partial charge in [0.05, 0.1) is 6.61 Å². The lowest BCUT2D eigenvalue weighted by molar-refractivity contribution is 0.0823. The predicted octanol–water partition coefficient (Wildman–Crippen LogP) is 2.88. The average Bonchev–Trinajstić information content (AvgIpc) is 3.45. The van der Waals surface area contributed by atoms with Crippen molar-refractivity contribution in [2.24, 2.45) is 0 Å². The Labute approximate surface area is 181 Å². The molecule has 6 nitrogen and oxygen atoms in total. The summed E-state index contributed by atoms with van der Waals surface area (Å²) in [5, 5.41) is 0. The number of piperazine rings is 1. The van der Waals surface area contributed by atoms with Gasteiger partial charge < -0.3 is 24.3 Å². The molecule has 0 spiro atoms. The molecule has 164 valence electrons. The number of rotatable bonds is 7. The first-order valence-electron chi connectivity index (χ1n) is 11.6. The largest absolute Gasteiger partial charge is 0.494 e. The zero-order valence-corrected chi connectivity index (χ0v) is 18.4. The molecule has 4 rings (SSSR count). The molecule has 0 bridgehead atoms. The maximum absolute atomic E-state index is 13.0. The van der Waals surface area contributed by atoms with Gasteiger partial charge in [-0.1, -0.05) is 0 Å². The van der Waals surface area contributed by atoms with Crippen molar-refractivity contribution in [2.75, 3.05) is 66.0 Å². The summed E-state index contributed by atoms with van der Waals surface area (Å²) in [5.41, 5.74) is 1.92. The fourth-order valence-electron chi connectivity index (χ4n) is 4.54. The van der Waals surface area contributed by atoms with Gasteiger partial charge in [-0.25, -0.2) is 0 Å². The maximum atomic E-state index is 13.0. The van der Waals surface area contributed by atoms with Gasteiger partial charge in [-0.05, 0) is 63.4 Å². The van der Waals surface area contributed by atoms with E-state index in [1.165, 1.54) is 18.5 Å².